The number of amides is 1. The molecule has 2 N–H and O–H groups in total. The van der Waals surface area contributed by atoms with E-state index in [0.29, 0.717) is 30.9 Å². The number of alkyl carbamates (subject to hydrolysis) is 1. The second-order valence-electron chi connectivity index (χ2n) is 10.5. The summed E-state index contributed by atoms with van der Waals surface area (Å²) in [6, 6.07) is 7.91. The largest absolute Gasteiger partial charge is 0.477 e. The van der Waals surface area contributed by atoms with Gasteiger partial charge in [0.1, 0.15) is 17.7 Å². The van der Waals surface area contributed by atoms with Crippen LogP contribution in [0.5, 0.6) is 5.88 Å². The van der Waals surface area contributed by atoms with Crippen LogP contribution in [0.3, 0.4) is 0 Å². The first-order chi connectivity index (χ1) is 15.3. The van der Waals surface area contributed by atoms with Crippen molar-refractivity contribution in [3.05, 3.63) is 30.0 Å². The molecular formula is C24H33N5O3. The number of carbonyl (C=O) groups excluding carboxylic acids is 1. The molecule has 172 valence electrons. The van der Waals surface area contributed by atoms with Gasteiger partial charge in [-0.25, -0.2) is 9.48 Å². The second kappa shape index (κ2) is 8.30. The van der Waals surface area contributed by atoms with Crippen LogP contribution in [0.15, 0.2) is 24.3 Å². The lowest BCUT2D eigenvalue weighted by molar-refractivity contribution is 0.0880. The molecule has 0 radical (unpaired) electrons. The van der Waals surface area contributed by atoms with Gasteiger partial charge in [-0.1, -0.05) is 6.07 Å². The van der Waals surface area contributed by atoms with Gasteiger partial charge in [-0.2, -0.15) is 10.1 Å². The van der Waals surface area contributed by atoms with Crippen LogP contribution in [0.2, 0.25) is 0 Å². The highest BCUT2D eigenvalue weighted by atomic mass is 16.6. The molecule has 8 bridgehead atoms. The van der Waals surface area contributed by atoms with Crippen molar-refractivity contribution in [1.82, 2.24) is 20.1 Å². The SMILES string of the molecule is CC(C)(C)n1nc2cc1Nc1cccc(n1)OCC1CC(CNC(=O)O[C@@H]3CC[C@H]2C3)C1. The fourth-order valence-corrected chi connectivity index (χ4v) is 5.01. The smallest absolute Gasteiger partial charge is 0.407 e. The van der Waals surface area contributed by atoms with Crippen molar-refractivity contribution in [2.24, 2.45) is 11.8 Å². The van der Waals surface area contributed by atoms with Crippen molar-refractivity contribution < 1.29 is 14.3 Å². The number of nitrogens with zero attached hydrogens (tertiary/aromatic N) is 3. The molecule has 4 aliphatic rings. The van der Waals surface area contributed by atoms with E-state index in [1.54, 1.807) is 0 Å². The number of pyridine rings is 1. The van der Waals surface area contributed by atoms with Crippen molar-refractivity contribution in [2.75, 3.05) is 18.5 Å². The van der Waals surface area contributed by atoms with Crippen LogP contribution in [-0.4, -0.2) is 40.1 Å². The fourth-order valence-electron chi connectivity index (χ4n) is 5.01. The van der Waals surface area contributed by atoms with Crippen molar-refractivity contribution in [3.63, 3.8) is 0 Å². The van der Waals surface area contributed by atoms with Crippen LogP contribution >= 0.6 is 0 Å². The van der Waals surface area contributed by atoms with Gasteiger partial charge in [0.2, 0.25) is 5.88 Å². The maximum absolute atomic E-state index is 12.3. The Morgan fingerprint density at radius 2 is 1.97 bits per heavy atom. The number of hydrogen-bond acceptors (Lipinski definition) is 6. The number of rotatable bonds is 0. The summed E-state index contributed by atoms with van der Waals surface area (Å²) in [5.41, 5.74) is 0.834. The molecule has 6 rings (SSSR count). The van der Waals surface area contributed by atoms with Gasteiger partial charge in [-0.3, -0.25) is 0 Å². The second-order valence-corrected chi connectivity index (χ2v) is 10.5. The first kappa shape index (κ1) is 21.1. The Labute approximate surface area is 189 Å². The number of hydrogen-bond donors (Lipinski definition) is 2. The fraction of sp³-hybridized carbons (Fsp3) is 0.625. The van der Waals surface area contributed by atoms with E-state index in [9.17, 15) is 4.79 Å². The third-order valence-corrected chi connectivity index (χ3v) is 6.76. The van der Waals surface area contributed by atoms with E-state index < -0.39 is 0 Å². The number of ether oxygens (including phenoxy) is 2. The lowest BCUT2D eigenvalue weighted by Crippen LogP contribution is -2.39. The number of aromatic nitrogens is 3. The van der Waals surface area contributed by atoms with Crippen LogP contribution < -0.4 is 15.4 Å². The molecule has 32 heavy (non-hydrogen) atoms. The maximum Gasteiger partial charge on any atom is 0.407 e. The third-order valence-electron chi connectivity index (χ3n) is 6.76. The summed E-state index contributed by atoms with van der Waals surface area (Å²) in [6.45, 7) is 7.72. The van der Waals surface area contributed by atoms with Gasteiger partial charge in [0, 0.05) is 24.6 Å². The van der Waals surface area contributed by atoms with E-state index in [4.69, 9.17) is 14.6 Å². The zero-order valence-corrected chi connectivity index (χ0v) is 19.1. The Kier molecular flexibility index (Phi) is 5.47. The molecule has 2 atom stereocenters. The molecule has 2 saturated carbocycles. The number of carbonyl (C=O) groups is 1. The maximum atomic E-state index is 12.3. The van der Waals surface area contributed by atoms with Gasteiger partial charge in [0.05, 0.1) is 17.8 Å². The number of fused-ring (bicyclic) bond motifs is 4. The van der Waals surface area contributed by atoms with Crippen molar-refractivity contribution in [1.29, 1.82) is 0 Å². The molecule has 0 unspecified atom stereocenters. The standard InChI is InChI=1S/C24H33N5O3/c1-24(2,3)29-21-12-19(28-29)17-7-8-18(11-17)32-23(30)25-13-15-9-16(10-15)14-31-22-6-4-5-20(26-21)27-22/h4-6,12,15-18H,7-11,13-14H2,1-3H3,(H,25,30)(H,26,27)/t15?,16?,17-,18+/m0/s1. The van der Waals surface area contributed by atoms with Gasteiger partial charge in [-0.15, -0.1) is 0 Å². The van der Waals surface area contributed by atoms with E-state index in [1.807, 2.05) is 22.9 Å². The Balaban J connectivity index is 1.43. The summed E-state index contributed by atoms with van der Waals surface area (Å²) in [6.07, 6.45) is 4.39. The molecule has 4 heterocycles. The molecule has 2 aromatic heterocycles. The quantitative estimate of drug-likeness (QED) is 0.626. The minimum absolute atomic E-state index is 0.0563. The molecular weight excluding hydrogens is 406 g/mol. The first-order valence-electron chi connectivity index (χ1n) is 11.8. The predicted molar refractivity (Wildman–Crippen MR) is 121 cm³/mol. The minimum Gasteiger partial charge on any atom is -0.477 e. The summed E-state index contributed by atoms with van der Waals surface area (Å²) in [7, 11) is 0. The van der Waals surface area contributed by atoms with Crippen LogP contribution in [0.4, 0.5) is 16.4 Å². The molecule has 0 spiro atoms. The average molecular weight is 440 g/mol. The van der Waals surface area contributed by atoms with Crippen molar-refractivity contribution >= 4 is 17.7 Å². The van der Waals surface area contributed by atoms with Crippen LogP contribution in [0, 0.1) is 11.8 Å². The molecule has 0 saturated heterocycles. The van der Waals surface area contributed by atoms with Gasteiger partial charge < -0.3 is 20.1 Å². The topological polar surface area (TPSA) is 90.3 Å². The van der Waals surface area contributed by atoms with Gasteiger partial charge in [0.25, 0.3) is 0 Å². The lowest BCUT2D eigenvalue weighted by Gasteiger charge is -2.35. The van der Waals surface area contributed by atoms with Gasteiger partial charge in [0.15, 0.2) is 0 Å². The van der Waals surface area contributed by atoms with Crippen molar-refractivity contribution in [2.45, 2.75) is 70.4 Å². The molecule has 1 amide bonds. The minimum atomic E-state index is -0.295. The molecule has 2 fully saturated rings. The van der Waals surface area contributed by atoms with E-state index in [-0.39, 0.29) is 23.7 Å². The summed E-state index contributed by atoms with van der Waals surface area (Å²) >= 11 is 0. The van der Waals surface area contributed by atoms with Crippen molar-refractivity contribution in [3.8, 4) is 5.88 Å². The molecule has 8 heteroatoms. The Morgan fingerprint density at radius 1 is 1.12 bits per heavy atom. The van der Waals surface area contributed by atoms with E-state index >= 15 is 0 Å². The molecule has 0 aromatic carbocycles. The van der Waals surface area contributed by atoms with Crippen LogP contribution in [0.1, 0.15) is 64.5 Å². The highest BCUT2D eigenvalue weighted by Gasteiger charge is 2.33. The van der Waals surface area contributed by atoms with E-state index in [0.717, 1.165) is 49.4 Å². The first-order valence-corrected chi connectivity index (χ1v) is 11.8. The monoisotopic (exact) mass is 439 g/mol. The van der Waals surface area contributed by atoms with E-state index in [2.05, 4.69) is 42.5 Å². The summed E-state index contributed by atoms with van der Waals surface area (Å²) in [5, 5.41) is 11.4. The third kappa shape index (κ3) is 4.54. The highest BCUT2D eigenvalue weighted by molar-refractivity contribution is 5.67. The summed E-state index contributed by atoms with van der Waals surface area (Å²) < 4.78 is 13.7. The summed E-state index contributed by atoms with van der Waals surface area (Å²) in [4.78, 5) is 17.0. The van der Waals surface area contributed by atoms with Crippen LogP contribution in [0.25, 0.3) is 0 Å². The molecule has 8 nitrogen and oxygen atoms in total. The average Bonchev–Trinajstić information content (AvgIpc) is 3.33. The number of anilines is 2. The number of nitrogens with one attached hydrogen (secondary N) is 2. The zero-order valence-electron chi connectivity index (χ0n) is 19.1. The zero-order chi connectivity index (χ0) is 22.3. The Morgan fingerprint density at radius 3 is 2.78 bits per heavy atom. The molecule has 2 aliphatic carbocycles. The lowest BCUT2D eigenvalue weighted by atomic mass is 9.75. The molecule has 2 aliphatic heterocycles. The molecule has 2 aromatic rings. The Hall–Kier alpha value is -2.77. The Bertz CT molecular complexity index is 976. The predicted octanol–water partition coefficient (Wildman–Crippen LogP) is 4.56. The summed E-state index contributed by atoms with van der Waals surface area (Å²) in [5.74, 6) is 3.53. The van der Waals surface area contributed by atoms with Gasteiger partial charge >= 0.3 is 6.09 Å². The highest BCUT2D eigenvalue weighted by Crippen LogP contribution is 2.38. The normalized spacial score (nSPS) is 28.0. The van der Waals surface area contributed by atoms with E-state index in [1.165, 1.54) is 0 Å². The van der Waals surface area contributed by atoms with Crippen LogP contribution in [-0.2, 0) is 10.3 Å². The van der Waals surface area contributed by atoms with Gasteiger partial charge in [-0.05, 0) is 70.8 Å².